The molecule has 3 aromatic carbocycles. The van der Waals surface area contributed by atoms with Crippen molar-refractivity contribution in [1.82, 2.24) is 24.9 Å². The molecule has 4 heterocycles. The molecule has 0 N–H and O–H groups in total. The standard InChI is InChI=1S/C17H14N.C16H9N4.Ir/c1-12-9-13(2)11-15(10-12)17-16-6-4-3-5-14(16)7-8-18-17;1-2-12(9-17-6-1)16-19-10-14-13-5-7-18-8-11(13)3-4-15(14)20-16;/h3-10H,1-2H3;1,3-10H;/q2*-1;. The molecule has 0 spiro atoms. The Morgan fingerprint density at radius 2 is 1.54 bits per heavy atom. The molecule has 0 atom stereocenters. The molecule has 0 fully saturated rings. The number of benzene rings is 3. The van der Waals surface area contributed by atoms with E-state index in [4.69, 9.17) is 0 Å². The van der Waals surface area contributed by atoms with Gasteiger partial charge in [-0.2, -0.15) is 0 Å². The summed E-state index contributed by atoms with van der Waals surface area (Å²) in [4.78, 5) is 21.7. The molecule has 0 aliphatic carbocycles. The third-order valence-corrected chi connectivity index (χ3v) is 6.30. The van der Waals surface area contributed by atoms with E-state index < -0.39 is 0 Å². The van der Waals surface area contributed by atoms with Crippen molar-refractivity contribution in [3.05, 3.63) is 127 Å². The molecule has 39 heavy (non-hydrogen) atoms. The summed E-state index contributed by atoms with van der Waals surface area (Å²) in [5.74, 6) is 0.638. The minimum atomic E-state index is 0. The Bertz CT molecular complexity index is 1880. The van der Waals surface area contributed by atoms with Crippen molar-refractivity contribution in [1.29, 1.82) is 0 Å². The second-order valence-electron chi connectivity index (χ2n) is 9.08. The van der Waals surface area contributed by atoms with Gasteiger partial charge in [-0.1, -0.05) is 62.1 Å². The summed E-state index contributed by atoms with van der Waals surface area (Å²) >= 11 is 0. The minimum Gasteiger partial charge on any atom is -0.360 e. The van der Waals surface area contributed by atoms with Gasteiger partial charge in [-0.15, -0.1) is 47.0 Å². The number of aromatic nitrogens is 5. The van der Waals surface area contributed by atoms with Crippen LogP contribution in [0.5, 0.6) is 0 Å². The Hall–Kier alpha value is -4.38. The van der Waals surface area contributed by atoms with Crippen LogP contribution in [-0.2, 0) is 20.1 Å². The number of nitrogens with zero attached hydrogens (tertiary/aromatic N) is 5. The second-order valence-corrected chi connectivity index (χ2v) is 9.08. The first-order chi connectivity index (χ1) is 18.7. The van der Waals surface area contributed by atoms with Crippen LogP contribution < -0.4 is 0 Å². The molecular formula is C33H23IrN5-2. The van der Waals surface area contributed by atoms with Gasteiger partial charge in [0.1, 0.15) is 0 Å². The van der Waals surface area contributed by atoms with Crippen LogP contribution in [0.3, 0.4) is 0 Å². The van der Waals surface area contributed by atoms with Gasteiger partial charge in [0.05, 0.1) is 11.3 Å². The van der Waals surface area contributed by atoms with E-state index in [2.05, 4.69) is 87.3 Å². The first-order valence-corrected chi connectivity index (χ1v) is 12.3. The fourth-order valence-electron chi connectivity index (χ4n) is 4.62. The molecule has 0 unspecified atom stereocenters. The maximum Gasteiger partial charge on any atom is 0.0770 e. The molecule has 4 aromatic heterocycles. The van der Waals surface area contributed by atoms with E-state index in [0.717, 1.165) is 44.1 Å². The number of fused-ring (bicyclic) bond motifs is 4. The first-order valence-electron chi connectivity index (χ1n) is 12.3. The van der Waals surface area contributed by atoms with Crippen LogP contribution >= 0.6 is 0 Å². The van der Waals surface area contributed by atoms with Crippen molar-refractivity contribution in [2.75, 3.05) is 0 Å². The predicted molar refractivity (Wildman–Crippen MR) is 152 cm³/mol. The predicted octanol–water partition coefficient (Wildman–Crippen LogP) is 7.36. The van der Waals surface area contributed by atoms with E-state index in [1.807, 2.05) is 42.9 Å². The number of hydrogen-bond donors (Lipinski definition) is 0. The Labute approximate surface area is 240 Å². The zero-order valence-corrected chi connectivity index (χ0v) is 23.8. The van der Waals surface area contributed by atoms with Crippen LogP contribution in [0.15, 0.2) is 104 Å². The van der Waals surface area contributed by atoms with Gasteiger partial charge in [0.2, 0.25) is 0 Å². The van der Waals surface area contributed by atoms with Crippen molar-refractivity contribution < 1.29 is 20.1 Å². The van der Waals surface area contributed by atoms with E-state index in [9.17, 15) is 0 Å². The topological polar surface area (TPSA) is 64.5 Å². The van der Waals surface area contributed by atoms with Crippen LogP contribution in [0.2, 0.25) is 0 Å². The van der Waals surface area contributed by atoms with Gasteiger partial charge in [-0.25, -0.2) is 0 Å². The summed E-state index contributed by atoms with van der Waals surface area (Å²) in [6, 6.07) is 28.9. The smallest absolute Gasteiger partial charge is 0.0770 e. The summed E-state index contributed by atoms with van der Waals surface area (Å²) in [6.07, 6.45) is 10.7. The van der Waals surface area contributed by atoms with Crippen LogP contribution in [0.4, 0.5) is 0 Å². The van der Waals surface area contributed by atoms with E-state index in [0.29, 0.717) is 5.82 Å². The number of hydrogen-bond acceptors (Lipinski definition) is 5. The zero-order chi connectivity index (χ0) is 25.9. The SMILES string of the molecule is Cc1[c-]c(-c2nccc3ccccc23)cc(C)c1.[Ir].[c-]1ccncc1-c1ncc2c(ccc3cnccc32)n1. The molecule has 191 valence electrons. The largest absolute Gasteiger partial charge is 0.360 e. The van der Waals surface area contributed by atoms with Gasteiger partial charge in [0, 0.05) is 55.7 Å². The van der Waals surface area contributed by atoms with E-state index in [1.54, 1.807) is 24.7 Å². The van der Waals surface area contributed by atoms with Crippen LogP contribution in [-0.4, -0.2) is 24.9 Å². The summed E-state index contributed by atoms with van der Waals surface area (Å²) in [5, 5.41) is 5.62. The third-order valence-electron chi connectivity index (χ3n) is 6.30. The Balaban J connectivity index is 0.000000155. The van der Waals surface area contributed by atoms with Crippen molar-refractivity contribution in [2.45, 2.75) is 13.8 Å². The average molecular weight is 682 g/mol. The van der Waals surface area contributed by atoms with E-state index in [-0.39, 0.29) is 20.1 Å². The molecule has 0 amide bonds. The quantitative estimate of drug-likeness (QED) is 0.141. The minimum absolute atomic E-state index is 0. The van der Waals surface area contributed by atoms with Gasteiger partial charge in [-0.3, -0.25) is 15.0 Å². The van der Waals surface area contributed by atoms with E-state index >= 15 is 0 Å². The molecule has 5 nitrogen and oxygen atoms in total. The van der Waals surface area contributed by atoms with Crippen LogP contribution in [0.1, 0.15) is 11.1 Å². The summed E-state index contributed by atoms with van der Waals surface area (Å²) < 4.78 is 0. The number of aryl methyl sites for hydroxylation is 2. The molecule has 0 aliphatic heterocycles. The molecular weight excluding hydrogens is 659 g/mol. The van der Waals surface area contributed by atoms with Crippen molar-refractivity contribution in [2.24, 2.45) is 0 Å². The van der Waals surface area contributed by atoms with Crippen LogP contribution in [0, 0.1) is 26.0 Å². The average Bonchev–Trinajstić information content (AvgIpc) is 2.97. The third kappa shape index (κ3) is 5.58. The number of pyridine rings is 3. The van der Waals surface area contributed by atoms with Crippen molar-refractivity contribution in [3.63, 3.8) is 0 Å². The molecule has 0 aliphatic rings. The van der Waals surface area contributed by atoms with E-state index in [1.165, 1.54) is 16.3 Å². The Morgan fingerprint density at radius 3 is 2.38 bits per heavy atom. The monoisotopic (exact) mass is 682 g/mol. The Morgan fingerprint density at radius 1 is 0.667 bits per heavy atom. The fraction of sp³-hybridized carbons (Fsp3) is 0.0606. The number of rotatable bonds is 2. The summed E-state index contributed by atoms with van der Waals surface area (Å²) in [5.41, 5.74) is 6.19. The van der Waals surface area contributed by atoms with Gasteiger partial charge >= 0.3 is 0 Å². The Kier molecular flexibility index (Phi) is 7.78. The summed E-state index contributed by atoms with van der Waals surface area (Å²) in [6.45, 7) is 4.18. The van der Waals surface area contributed by atoms with Gasteiger partial charge in [0.25, 0.3) is 0 Å². The molecule has 1 radical (unpaired) electrons. The normalized spacial score (nSPS) is 10.6. The van der Waals surface area contributed by atoms with Crippen molar-refractivity contribution in [3.8, 4) is 22.6 Å². The van der Waals surface area contributed by atoms with Gasteiger partial charge in [0.15, 0.2) is 0 Å². The second kappa shape index (κ2) is 11.6. The molecule has 0 bridgehead atoms. The van der Waals surface area contributed by atoms with Gasteiger partial charge < -0.3 is 9.97 Å². The van der Waals surface area contributed by atoms with Gasteiger partial charge in [-0.05, 0) is 40.1 Å². The molecule has 7 aromatic rings. The first kappa shape index (κ1) is 26.2. The maximum atomic E-state index is 4.59. The molecule has 0 saturated heterocycles. The fourth-order valence-corrected chi connectivity index (χ4v) is 4.62. The zero-order valence-electron chi connectivity index (χ0n) is 21.4. The van der Waals surface area contributed by atoms with Crippen molar-refractivity contribution >= 4 is 32.4 Å². The summed E-state index contributed by atoms with van der Waals surface area (Å²) in [7, 11) is 0. The maximum absolute atomic E-state index is 4.59. The molecule has 0 saturated carbocycles. The molecule has 7 rings (SSSR count). The van der Waals surface area contributed by atoms with Crippen LogP contribution in [0.25, 0.3) is 55.1 Å². The molecule has 6 heteroatoms.